The molecule has 4 N–H and O–H groups in total. The van der Waals surface area contributed by atoms with Crippen molar-refractivity contribution in [1.29, 1.82) is 0 Å². The van der Waals surface area contributed by atoms with E-state index < -0.39 is 67.1 Å². The molecule has 2 aromatic carbocycles. The molecule has 0 aliphatic heterocycles. The highest BCUT2D eigenvalue weighted by atomic mass is 35.5. The third kappa shape index (κ3) is 6.58. The number of nitrogens with zero attached hydrogens (tertiary/aromatic N) is 1. The first-order chi connectivity index (χ1) is 20.2. The van der Waals surface area contributed by atoms with Gasteiger partial charge in [0.05, 0.1) is 11.4 Å². The van der Waals surface area contributed by atoms with E-state index in [1.54, 1.807) is 6.07 Å². The van der Waals surface area contributed by atoms with E-state index in [9.17, 15) is 31.2 Å². The number of ether oxygens (including phenoxy) is 1. The van der Waals surface area contributed by atoms with Crippen LogP contribution in [0.1, 0.15) is 53.1 Å². The molecule has 1 aromatic heterocycles. The predicted molar refractivity (Wildman–Crippen MR) is 152 cm³/mol. The Bertz CT molecular complexity index is 1770. The standard InChI is InChI=1S/C27H26ClF4N5O5S/c1-33-43(40,41)36-18-4-3-5-19(22(18)28)42-23-20(25(38)34-15-9-10-15)24(37(2)26(39)21(23)27(30,31)32)35-17-11-8-14(12-16(17)29)13-6-7-13/h3-5,8,11-13,15,33,35-36H,6-7,9-10H2,1-2H3,(H,34,38). The molecule has 2 aliphatic carbocycles. The number of hydrogen-bond donors (Lipinski definition) is 4. The van der Waals surface area contributed by atoms with Gasteiger partial charge in [-0.1, -0.05) is 23.7 Å². The van der Waals surface area contributed by atoms with Crippen LogP contribution < -0.4 is 30.4 Å². The normalized spacial score (nSPS) is 15.2. The van der Waals surface area contributed by atoms with Gasteiger partial charge in [-0.3, -0.25) is 18.9 Å². The van der Waals surface area contributed by atoms with Crippen LogP contribution in [0.4, 0.5) is 34.8 Å². The average Bonchev–Trinajstić information content (AvgIpc) is 3.85. The summed E-state index contributed by atoms with van der Waals surface area (Å²) in [6.45, 7) is 0. The minimum atomic E-state index is -5.31. The molecule has 0 atom stereocenters. The zero-order valence-electron chi connectivity index (χ0n) is 22.7. The first kappa shape index (κ1) is 30.6. The topological polar surface area (TPSA) is 131 Å². The van der Waals surface area contributed by atoms with Crippen molar-refractivity contribution in [1.82, 2.24) is 14.6 Å². The quantitative estimate of drug-likeness (QED) is 0.220. The fraction of sp³-hybridized carbons (Fsp3) is 0.333. The molecule has 2 aliphatic rings. The molecular weight excluding hydrogens is 618 g/mol. The van der Waals surface area contributed by atoms with Gasteiger partial charge in [0.15, 0.2) is 11.3 Å². The molecule has 3 aromatic rings. The van der Waals surface area contributed by atoms with E-state index in [4.69, 9.17) is 16.3 Å². The van der Waals surface area contributed by atoms with Crippen molar-refractivity contribution in [2.45, 2.75) is 43.8 Å². The van der Waals surface area contributed by atoms with Crippen LogP contribution in [-0.4, -0.2) is 32.0 Å². The van der Waals surface area contributed by atoms with Gasteiger partial charge in [0.2, 0.25) is 0 Å². The van der Waals surface area contributed by atoms with E-state index in [2.05, 4.69) is 15.4 Å². The largest absolute Gasteiger partial charge is 0.454 e. The number of aromatic nitrogens is 1. The molecule has 230 valence electrons. The molecule has 2 fully saturated rings. The Hall–Kier alpha value is -3.82. The van der Waals surface area contributed by atoms with Crippen LogP contribution in [0, 0.1) is 5.82 Å². The number of amides is 1. The number of carbonyl (C=O) groups excluding carboxylic acids is 1. The van der Waals surface area contributed by atoms with E-state index in [1.807, 2.05) is 4.72 Å². The highest BCUT2D eigenvalue weighted by Gasteiger charge is 2.43. The van der Waals surface area contributed by atoms with Crippen LogP contribution in [0.15, 0.2) is 41.2 Å². The first-order valence-corrected chi connectivity index (χ1v) is 15.0. The minimum absolute atomic E-state index is 0.188. The van der Waals surface area contributed by atoms with Crippen molar-refractivity contribution in [3.63, 3.8) is 0 Å². The summed E-state index contributed by atoms with van der Waals surface area (Å²) in [5.74, 6) is -3.69. The Kier molecular flexibility index (Phi) is 8.09. The van der Waals surface area contributed by atoms with E-state index in [0.29, 0.717) is 17.4 Å². The highest BCUT2D eigenvalue weighted by Crippen LogP contribution is 2.45. The number of carbonyl (C=O) groups is 1. The first-order valence-electron chi connectivity index (χ1n) is 13.1. The van der Waals surface area contributed by atoms with Crippen molar-refractivity contribution in [3.8, 4) is 11.5 Å². The molecule has 0 radical (unpaired) electrons. The van der Waals surface area contributed by atoms with Gasteiger partial charge in [0, 0.05) is 20.1 Å². The number of nitrogens with one attached hydrogen (secondary N) is 4. The van der Waals surface area contributed by atoms with Gasteiger partial charge in [0.1, 0.15) is 28.0 Å². The molecule has 1 amide bonds. The van der Waals surface area contributed by atoms with Crippen molar-refractivity contribution < 1.29 is 35.5 Å². The molecule has 5 rings (SSSR count). The fourth-order valence-corrected chi connectivity index (χ4v) is 5.20. The van der Waals surface area contributed by atoms with E-state index in [-0.39, 0.29) is 23.3 Å². The molecule has 16 heteroatoms. The number of pyridine rings is 1. The predicted octanol–water partition coefficient (Wildman–Crippen LogP) is 5.38. The Morgan fingerprint density at radius 2 is 1.79 bits per heavy atom. The van der Waals surface area contributed by atoms with Crippen LogP contribution in [0.5, 0.6) is 11.5 Å². The van der Waals surface area contributed by atoms with Gasteiger partial charge in [-0.15, -0.1) is 0 Å². The number of rotatable bonds is 10. The van der Waals surface area contributed by atoms with Crippen molar-refractivity contribution >= 4 is 44.9 Å². The highest BCUT2D eigenvalue weighted by molar-refractivity contribution is 7.90. The molecule has 43 heavy (non-hydrogen) atoms. The van der Waals surface area contributed by atoms with Crippen LogP contribution in [-0.2, 0) is 23.4 Å². The summed E-state index contributed by atoms with van der Waals surface area (Å²) in [4.78, 5) is 26.8. The Morgan fingerprint density at radius 1 is 1.09 bits per heavy atom. The molecule has 10 nitrogen and oxygen atoms in total. The molecule has 0 unspecified atom stereocenters. The SMILES string of the molecule is CNS(=O)(=O)Nc1cccc(Oc2c(C(=O)NC3CC3)c(Nc3ccc(C4CC4)cc3F)n(C)c(=O)c2C(F)(F)F)c1Cl. The van der Waals surface area contributed by atoms with Crippen molar-refractivity contribution in [2.24, 2.45) is 7.05 Å². The zero-order valence-corrected chi connectivity index (χ0v) is 24.3. The number of anilines is 3. The van der Waals surface area contributed by atoms with E-state index in [0.717, 1.165) is 38.6 Å². The minimum Gasteiger partial charge on any atom is -0.454 e. The summed E-state index contributed by atoms with van der Waals surface area (Å²) in [6, 6.07) is 7.59. The summed E-state index contributed by atoms with van der Waals surface area (Å²) in [6.07, 6.45) is -2.33. The fourth-order valence-electron chi connectivity index (χ4n) is 4.37. The summed E-state index contributed by atoms with van der Waals surface area (Å²) >= 11 is 6.31. The summed E-state index contributed by atoms with van der Waals surface area (Å²) in [5, 5.41) is 4.76. The third-order valence-corrected chi connectivity index (χ3v) is 8.37. The molecule has 1 heterocycles. The van der Waals surface area contributed by atoms with E-state index in [1.165, 1.54) is 24.3 Å². The smallest absolute Gasteiger partial charge is 0.425 e. The molecule has 0 saturated heterocycles. The van der Waals surface area contributed by atoms with Crippen LogP contribution in [0.3, 0.4) is 0 Å². The molecule has 2 saturated carbocycles. The second-order valence-electron chi connectivity index (χ2n) is 10.2. The van der Waals surface area contributed by atoms with Crippen LogP contribution in [0.25, 0.3) is 0 Å². The lowest BCUT2D eigenvalue weighted by Gasteiger charge is -2.23. The summed E-state index contributed by atoms with van der Waals surface area (Å²) in [7, 11) is -1.96. The van der Waals surface area contributed by atoms with E-state index >= 15 is 4.39 Å². The lowest BCUT2D eigenvalue weighted by Crippen LogP contribution is -2.34. The second kappa shape index (κ2) is 11.4. The average molecular weight is 644 g/mol. The number of alkyl halides is 3. The zero-order chi connectivity index (χ0) is 31.3. The number of hydrogen-bond acceptors (Lipinski definition) is 6. The lowest BCUT2D eigenvalue weighted by molar-refractivity contribution is -0.139. The third-order valence-electron chi connectivity index (χ3n) is 6.95. The summed E-state index contributed by atoms with van der Waals surface area (Å²) in [5.41, 5.74) is -3.83. The maximum Gasteiger partial charge on any atom is 0.425 e. The maximum absolute atomic E-state index is 15.1. The van der Waals surface area contributed by atoms with Gasteiger partial charge in [-0.25, -0.2) is 9.11 Å². The summed E-state index contributed by atoms with van der Waals surface area (Å²) < 4.78 is 92.8. The monoisotopic (exact) mass is 643 g/mol. The Morgan fingerprint density at radius 3 is 2.37 bits per heavy atom. The van der Waals surface area contributed by atoms with Gasteiger partial charge in [-0.05, 0) is 61.4 Å². The molecule has 0 spiro atoms. The Balaban J connectivity index is 1.70. The maximum atomic E-state index is 15.1. The lowest BCUT2D eigenvalue weighted by atomic mass is 10.1. The van der Waals surface area contributed by atoms with Gasteiger partial charge >= 0.3 is 6.18 Å². The van der Waals surface area contributed by atoms with Gasteiger partial charge in [-0.2, -0.15) is 21.6 Å². The van der Waals surface area contributed by atoms with Crippen LogP contribution >= 0.6 is 11.6 Å². The van der Waals surface area contributed by atoms with Crippen molar-refractivity contribution in [3.05, 3.63) is 74.3 Å². The number of halogens is 5. The van der Waals surface area contributed by atoms with Crippen LogP contribution in [0.2, 0.25) is 5.02 Å². The van der Waals surface area contributed by atoms with Gasteiger partial charge < -0.3 is 15.4 Å². The molecule has 0 bridgehead atoms. The van der Waals surface area contributed by atoms with Gasteiger partial charge in [0.25, 0.3) is 21.7 Å². The number of benzene rings is 2. The second-order valence-corrected chi connectivity index (χ2v) is 12.2. The Labute approximate surface area is 248 Å². The molecular formula is C27H26ClF4N5O5S. The van der Waals surface area contributed by atoms with Crippen molar-refractivity contribution in [2.75, 3.05) is 17.1 Å².